The third-order valence-corrected chi connectivity index (χ3v) is 3.32. The largest absolute Gasteiger partial charge is 0.330 e. The zero-order valence-corrected chi connectivity index (χ0v) is 13.7. The maximum Gasteiger partial charge on any atom is 0.271 e. The van der Waals surface area contributed by atoms with Gasteiger partial charge in [-0.1, -0.05) is 17.2 Å². The lowest BCUT2D eigenvalue weighted by Crippen LogP contribution is -2.34. The SMILES string of the molecule is Cc1cc(C)cc(C(=O)NC(=S)Nc2cc([N+](=O)[O-])ccc2F)c1. The number of carbonyl (C=O) groups is 1. The minimum atomic E-state index is -0.719. The summed E-state index contributed by atoms with van der Waals surface area (Å²) in [6.07, 6.45) is 0. The number of amides is 1. The molecule has 0 heterocycles. The predicted octanol–water partition coefficient (Wildman–Crippen LogP) is 3.48. The molecule has 0 fully saturated rings. The summed E-state index contributed by atoms with van der Waals surface area (Å²) in [6, 6.07) is 8.31. The fourth-order valence-corrected chi connectivity index (χ4v) is 2.36. The number of non-ortho nitro benzene ring substituents is 1. The van der Waals surface area contributed by atoms with Gasteiger partial charge >= 0.3 is 0 Å². The summed E-state index contributed by atoms with van der Waals surface area (Å²) >= 11 is 4.97. The highest BCUT2D eigenvalue weighted by molar-refractivity contribution is 7.80. The number of hydrogen-bond acceptors (Lipinski definition) is 4. The van der Waals surface area contributed by atoms with E-state index in [1.54, 1.807) is 12.1 Å². The molecule has 8 heteroatoms. The Morgan fingerprint density at radius 2 is 1.79 bits per heavy atom. The Bertz CT molecular complexity index is 819. The first-order valence-electron chi connectivity index (χ1n) is 6.91. The van der Waals surface area contributed by atoms with Gasteiger partial charge in [0.05, 0.1) is 10.6 Å². The topological polar surface area (TPSA) is 84.3 Å². The molecule has 0 aliphatic carbocycles. The van der Waals surface area contributed by atoms with Crippen LogP contribution in [0.4, 0.5) is 15.8 Å². The highest BCUT2D eigenvalue weighted by Gasteiger charge is 2.14. The van der Waals surface area contributed by atoms with Crippen molar-refractivity contribution in [1.82, 2.24) is 5.32 Å². The van der Waals surface area contributed by atoms with E-state index < -0.39 is 16.6 Å². The molecule has 2 rings (SSSR count). The van der Waals surface area contributed by atoms with Crippen LogP contribution in [0.5, 0.6) is 0 Å². The highest BCUT2D eigenvalue weighted by atomic mass is 32.1. The quantitative estimate of drug-likeness (QED) is 0.504. The second-order valence-electron chi connectivity index (χ2n) is 5.21. The molecule has 2 N–H and O–H groups in total. The zero-order valence-electron chi connectivity index (χ0n) is 12.9. The summed E-state index contributed by atoms with van der Waals surface area (Å²) in [5, 5.41) is 15.5. The summed E-state index contributed by atoms with van der Waals surface area (Å²) < 4.78 is 13.7. The molecule has 6 nitrogen and oxygen atoms in total. The van der Waals surface area contributed by atoms with Crippen molar-refractivity contribution in [2.45, 2.75) is 13.8 Å². The maximum atomic E-state index is 13.7. The molecule has 0 atom stereocenters. The van der Waals surface area contributed by atoms with Crippen molar-refractivity contribution in [3.63, 3.8) is 0 Å². The first kappa shape index (κ1) is 17.5. The van der Waals surface area contributed by atoms with E-state index in [9.17, 15) is 19.3 Å². The molecule has 24 heavy (non-hydrogen) atoms. The van der Waals surface area contributed by atoms with Crippen LogP contribution in [-0.4, -0.2) is 15.9 Å². The van der Waals surface area contributed by atoms with E-state index in [2.05, 4.69) is 10.6 Å². The summed E-state index contributed by atoms with van der Waals surface area (Å²) in [7, 11) is 0. The first-order valence-corrected chi connectivity index (χ1v) is 7.31. The van der Waals surface area contributed by atoms with Gasteiger partial charge < -0.3 is 5.32 Å². The number of anilines is 1. The molecule has 124 valence electrons. The van der Waals surface area contributed by atoms with Crippen molar-refractivity contribution in [2.75, 3.05) is 5.32 Å². The van der Waals surface area contributed by atoms with E-state index in [1.165, 1.54) is 0 Å². The van der Waals surface area contributed by atoms with Gasteiger partial charge in [-0.05, 0) is 44.3 Å². The standard InChI is InChI=1S/C16H14FN3O3S/c1-9-5-10(2)7-11(6-9)15(21)19-16(24)18-14-8-12(20(22)23)3-4-13(14)17/h3-8H,1-2H3,(H2,18,19,21,24). The van der Waals surface area contributed by atoms with Crippen LogP contribution in [0.3, 0.4) is 0 Å². The number of halogens is 1. The molecular weight excluding hydrogens is 333 g/mol. The average Bonchev–Trinajstić information content (AvgIpc) is 2.48. The number of thiocarbonyl (C=S) groups is 1. The maximum absolute atomic E-state index is 13.7. The minimum absolute atomic E-state index is 0.154. The van der Waals surface area contributed by atoms with Crippen LogP contribution < -0.4 is 10.6 Å². The highest BCUT2D eigenvalue weighted by Crippen LogP contribution is 2.21. The molecule has 0 saturated heterocycles. The molecule has 0 aromatic heterocycles. The molecule has 0 radical (unpaired) electrons. The normalized spacial score (nSPS) is 10.1. The molecule has 2 aromatic carbocycles. The van der Waals surface area contributed by atoms with Crippen molar-refractivity contribution in [1.29, 1.82) is 0 Å². The molecule has 0 saturated carbocycles. The van der Waals surface area contributed by atoms with Crippen molar-refractivity contribution in [3.8, 4) is 0 Å². The number of nitro benzene ring substituents is 1. The Morgan fingerprint density at radius 3 is 2.38 bits per heavy atom. The van der Waals surface area contributed by atoms with Gasteiger partial charge in [-0.15, -0.1) is 0 Å². The Kier molecular flexibility index (Phi) is 5.20. The van der Waals surface area contributed by atoms with Crippen LogP contribution in [0, 0.1) is 29.8 Å². The number of rotatable bonds is 3. The zero-order chi connectivity index (χ0) is 17.9. The van der Waals surface area contributed by atoms with Crippen LogP contribution in [0.1, 0.15) is 21.5 Å². The van der Waals surface area contributed by atoms with E-state index in [4.69, 9.17) is 12.2 Å². The second kappa shape index (κ2) is 7.14. The van der Waals surface area contributed by atoms with Crippen LogP contribution in [0.15, 0.2) is 36.4 Å². The van der Waals surface area contributed by atoms with Crippen molar-refractivity contribution >= 4 is 34.6 Å². The molecule has 0 bridgehead atoms. The third-order valence-electron chi connectivity index (χ3n) is 3.12. The molecule has 0 aliphatic rings. The Hall–Kier alpha value is -2.87. The van der Waals surface area contributed by atoms with Crippen LogP contribution in [0.2, 0.25) is 0 Å². The van der Waals surface area contributed by atoms with Gasteiger partial charge in [0, 0.05) is 17.7 Å². The van der Waals surface area contributed by atoms with Crippen molar-refractivity contribution < 1.29 is 14.1 Å². The van der Waals surface area contributed by atoms with Crippen molar-refractivity contribution in [2.24, 2.45) is 0 Å². The Labute approximate surface area is 142 Å². The fourth-order valence-electron chi connectivity index (χ4n) is 2.16. The lowest BCUT2D eigenvalue weighted by atomic mass is 10.1. The van der Waals surface area contributed by atoms with Crippen molar-refractivity contribution in [3.05, 3.63) is 69.0 Å². The third kappa shape index (κ3) is 4.32. The number of hydrogen-bond donors (Lipinski definition) is 2. The van der Waals surface area contributed by atoms with E-state index in [-0.39, 0.29) is 16.5 Å². The van der Waals surface area contributed by atoms with Gasteiger partial charge in [0.15, 0.2) is 5.11 Å². The monoisotopic (exact) mass is 347 g/mol. The molecule has 2 aromatic rings. The number of nitrogens with one attached hydrogen (secondary N) is 2. The lowest BCUT2D eigenvalue weighted by molar-refractivity contribution is -0.384. The summed E-state index contributed by atoms with van der Waals surface area (Å²) in [5.41, 5.74) is 1.78. The number of aryl methyl sites for hydroxylation is 2. The minimum Gasteiger partial charge on any atom is -0.330 e. The van der Waals surface area contributed by atoms with Gasteiger partial charge in [-0.25, -0.2) is 4.39 Å². The summed E-state index contributed by atoms with van der Waals surface area (Å²) in [6.45, 7) is 3.72. The molecule has 0 spiro atoms. The van der Waals surface area contributed by atoms with Crippen LogP contribution >= 0.6 is 12.2 Å². The van der Waals surface area contributed by atoms with E-state index in [0.717, 1.165) is 29.3 Å². The number of nitrogens with zero attached hydrogens (tertiary/aromatic N) is 1. The Morgan fingerprint density at radius 1 is 1.17 bits per heavy atom. The van der Waals surface area contributed by atoms with Crippen LogP contribution in [0.25, 0.3) is 0 Å². The lowest BCUT2D eigenvalue weighted by Gasteiger charge is -2.11. The Balaban J connectivity index is 2.12. The predicted molar refractivity (Wildman–Crippen MR) is 92.7 cm³/mol. The van der Waals surface area contributed by atoms with Crippen LogP contribution in [-0.2, 0) is 0 Å². The van der Waals surface area contributed by atoms with Gasteiger partial charge in [-0.3, -0.25) is 20.2 Å². The molecule has 0 aliphatic heterocycles. The number of carbonyl (C=O) groups excluding carboxylic acids is 1. The number of benzene rings is 2. The molecule has 1 amide bonds. The molecule has 0 unspecified atom stereocenters. The van der Waals surface area contributed by atoms with Gasteiger partial charge in [-0.2, -0.15) is 0 Å². The molecular formula is C16H14FN3O3S. The average molecular weight is 347 g/mol. The number of nitro groups is 1. The van der Waals surface area contributed by atoms with E-state index in [0.29, 0.717) is 5.56 Å². The summed E-state index contributed by atoms with van der Waals surface area (Å²) in [5.74, 6) is -1.17. The fraction of sp³-hybridized carbons (Fsp3) is 0.125. The summed E-state index contributed by atoms with van der Waals surface area (Å²) in [4.78, 5) is 22.2. The van der Waals surface area contributed by atoms with E-state index >= 15 is 0 Å². The smallest absolute Gasteiger partial charge is 0.271 e. The first-order chi connectivity index (χ1) is 11.3. The van der Waals surface area contributed by atoms with Gasteiger partial charge in [0.1, 0.15) is 5.82 Å². The van der Waals surface area contributed by atoms with Gasteiger partial charge in [0.2, 0.25) is 0 Å². The van der Waals surface area contributed by atoms with E-state index in [1.807, 2.05) is 19.9 Å². The van der Waals surface area contributed by atoms with Gasteiger partial charge in [0.25, 0.3) is 11.6 Å². The second-order valence-corrected chi connectivity index (χ2v) is 5.61.